The van der Waals surface area contributed by atoms with Crippen molar-refractivity contribution < 1.29 is 13.2 Å². The molecule has 1 aliphatic rings. The van der Waals surface area contributed by atoms with E-state index < -0.39 is 9.84 Å². The van der Waals surface area contributed by atoms with Crippen LogP contribution >= 0.6 is 0 Å². The monoisotopic (exact) mass is 373 g/mol. The number of amides is 1. The molecule has 2 heterocycles. The van der Waals surface area contributed by atoms with Gasteiger partial charge in [-0.1, -0.05) is 30.3 Å². The van der Waals surface area contributed by atoms with Gasteiger partial charge in [-0.2, -0.15) is 0 Å². The smallest absolute Gasteiger partial charge is 0.270 e. The quantitative estimate of drug-likeness (QED) is 0.838. The van der Waals surface area contributed by atoms with Crippen molar-refractivity contribution in [3.05, 3.63) is 59.9 Å². The highest BCUT2D eigenvalue weighted by Gasteiger charge is 2.29. The molecule has 7 heteroatoms. The molecule has 1 saturated heterocycles. The highest BCUT2D eigenvalue weighted by atomic mass is 32.2. The van der Waals surface area contributed by atoms with Crippen molar-refractivity contribution >= 4 is 21.4 Å². The van der Waals surface area contributed by atoms with Gasteiger partial charge in [0.15, 0.2) is 9.84 Å². The molecule has 0 saturated carbocycles. The summed E-state index contributed by atoms with van der Waals surface area (Å²) in [6.45, 7) is 3.59. The molecule has 3 rings (SSSR count). The largest absolute Gasteiger partial charge is 0.367 e. The van der Waals surface area contributed by atoms with Gasteiger partial charge in [-0.25, -0.2) is 8.42 Å². The molecule has 1 atom stereocenters. The first kappa shape index (κ1) is 18.4. The van der Waals surface area contributed by atoms with Crippen LogP contribution in [0.15, 0.2) is 48.7 Å². The van der Waals surface area contributed by atoms with E-state index in [0.29, 0.717) is 12.1 Å². The van der Waals surface area contributed by atoms with E-state index in [2.05, 4.69) is 34.3 Å². The summed E-state index contributed by atoms with van der Waals surface area (Å²) < 4.78 is 23.1. The van der Waals surface area contributed by atoms with Crippen molar-refractivity contribution in [2.24, 2.45) is 0 Å². The molecule has 0 radical (unpaired) electrons. The fourth-order valence-electron chi connectivity index (χ4n) is 3.10. The Balaban J connectivity index is 1.71. The third-order valence-corrected chi connectivity index (χ3v) is 6.27. The van der Waals surface area contributed by atoms with Gasteiger partial charge in [-0.05, 0) is 31.0 Å². The van der Waals surface area contributed by atoms with E-state index in [9.17, 15) is 13.2 Å². The predicted molar refractivity (Wildman–Crippen MR) is 102 cm³/mol. The first-order chi connectivity index (χ1) is 12.5. The normalized spacial score (nSPS) is 18.4. The van der Waals surface area contributed by atoms with E-state index in [0.717, 1.165) is 18.8 Å². The van der Waals surface area contributed by atoms with Crippen LogP contribution in [0.2, 0.25) is 0 Å². The van der Waals surface area contributed by atoms with Gasteiger partial charge in [-0.15, -0.1) is 0 Å². The minimum Gasteiger partial charge on any atom is -0.367 e. The third-order valence-electron chi connectivity index (χ3n) is 4.51. The number of anilines is 1. The minimum atomic E-state index is -3.03. The molecule has 1 fully saturated rings. The molecule has 0 bridgehead atoms. The van der Waals surface area contributed by atoms with Gasteiger partial charge in [0.1, 0.15) is 5.69 Å². The number of benzene rings is 1. The lowest BCUT2D eigenvalue weighted by molar-refractivity contribution is 0.0936. The molecule has 2 aromatic rings. The molecule has 1 aliphatic heterocycles. The number of carbonyl (C=O) groups excluding carboxylic acids is 1. The van der Waals surface area contributed by atoms with Crippen molar-refractivity contribution in [1.82, 2.24) is 10.3 Å². The average Bonchev–Trinajstić information content (AvgIpc) is 2.99. The van der Waals surface area contributed by atoms with E-state index in [4.69, 9.17) is 0 Å². The maximum absolute atomic E-state index is 12.4. The van der Waals surface area contributed by atoms with Crippen molar-refractivity contribution in [3.8, 4) is 0 Å². The highest BCUT2D eigenvalue weighted by molar-refractivity contribution is 7.91. The van der Waals surface area contributed by atoms with Crippen LogP contribution in [0, 0.1) is 0 Å². The van der Waals surface area contributed by atoms with Crippen molar-refractivity contribution in [1.29, 1.82) is 0 Å². The number of pyridine rings is 1. The number of hydrogen-bond acceptors (Lipinski definition) is 5. The van der Waals surface area contributed by atoms with Crippen LogP contribution in [0.1, 0.15) is 29.4 Å². The summed E-state index contributed by atoms with van der Waals surface area (Å²) in [5, 5.41) is 2.79. The number of nitrogens with one attached hydrogen (secondary N) is 1. The van der Waals surface area contributed by atoms with E-state index in [1.807, 2.05) is 24.3 Å². The van der Waals surface area contributed by atoms with Crippen LogP contribution in [-0.4, -0.2) is 43.4 Å². The Morgan fingerprint density at radius 3 is 2.69 bits per heavy atom. The van der Waals surface area contributed by atoms with E-state index in [-0.39, 0.29) is 23.5 Å². The van der Waals surface area contributed by atoms with E-state index in [1.54, 1.807) is 12.3 Å². The fraction of sp³-hybridized carbons (Fsp3) is 0.368. The molecule has 1 N–H and O–H groups in total. The van der Waals surface area contributed by atoms with Gasteiger partial charge in [-0.3, -0.25) is 9.78 Å². The molecule has 26 heavy (non-hydrogen) atoms. The lowest BCUT2D eigenvalue weighted by Crippen LogP contribution is -2.36. The molecular weight excluding hydrogens is 350 g/mol. The number of hydrogen-bond donors (Lipinski definition) is 1. The molecule has 1 aromatic carbocycles. The van der Waals surface area contributed by atoms with Gasteiger partial charge >= 0.3 is 0 Å². The van der Waals surface area contributed by atoms with Crippen LogP contribution in [0.4, 0.5) is 5.69 Å². The zero-order valence-electron chi connectivity index (χ0n) is 14.8. The topological polar surface area (TPSA) is 79.4 Å². The fourth-order valence-corrected chi connectivity index (χ4v) is 4.77. The summed E-state index contributed by atoms with van der Waals surface area (Å²) in [5.41, 5.74) is 2.40. The zero-order chi connectivity index (χ0) is 18.6. The van der Waals surface area contributed by atoms with Crippen LogP contribution in [0.25, 0.3) is 0 Å². The Hall–Kier alpha value is -2.41. The zero-order valence-corrected chi connectivity index (χ0v) is 15.6. The Bertz CT molecular complexity index is 869. The summed E-state index contributed by atoms with van der Waals surface area (Å²) in [5.74, 6) is -0.190. The number of nitrogens with zero attached hydrogens (tertiary/aromatic N) is 2. The standard InChI is InChI=1S/C19H23N3O3S/c1-2-22(13-15-6-4-3-5-7-15)17-8-10-20-18(12-17)19(23)21-16-9-11-26(24,25)14-16/h3-8,10,12,16H,2,9,11,13-14H2,1H3,(H,21,23). The molecule has 138 valence electrons. The van der Waals surface area contributed by atoms with Gasteiger partial charge in [0, 0.05) is 31.0 Å². The molecule has 1 aromatic heterocycles. The Kier molecular flexibility index (Phi) is 5.56. The van der Waals surface area contributed by atoms with Crippen LogP contribution in [0.5, 0.6) is 0 Å². The molecular formula is C19H23N3O3S. The molecule has 6 nitrogen and oxygen atoms in total. The van der Waals surface area contributed by atoms with Crippen molar-refractivity contribution in [3.63, 3.8) is 0 Å². The first-order valence-corrected chi connectivity index (χ1v) is 10.5. The van der Waals surface area contributed by atoms with Crippen LogP contribution in [-0.2, 0) is 16.4 Å². The Morgan fingerprint density at radius 1 is 1.27 bits per heavy atom. The maximum atomic E-state index is 12.4. The Morgan fingerprint density at radius 2 is 2.04 bits per heavy atom. The Labute approximate surface area is 154 Å². The summed E-state index contributed by atoms with van der Waals surface area (Å²) >= 11 is 0. The minimum absolute atomic E-state index is 0.00746. The molecule has 1 unspecified atom stereocenters. The lowest BCUT2D eigenvalue weighted by atomic mass is 10.2. The second-order valence-electron chi connectivity index (χ2n) is 6.47. The lowest BCUT2D eigenvalue weighted by Gasteiger charge is -2.23. The van der Waals surface area contributed by atoms with Crippen molar-refractivity contribution in [2.45, 2.75) is 25.9 Å². The summed E-state index contributed by atoms with van der Waals surface area (Å²) in [4.78, 5) is 18.8. The number of rotatable bonds is 6. The van der Waals surface area contributed by atoms with E-state index in [1.165, 1.54) is 5.56 Å². The second kappa shape index (κ2) is 7.86. The molecule has 0 spiro atoms. The highest BCUT2D eigenvalue weighted by Crippen LogP contribution is 2.18. The SMILES string of the molecule is CCN(Cc1ccccc1)c1ccnc(C(=O)NC2CCS(=O)(=O)C2)c1. The van der Waals surface area contributed by atoms with Gasteiger partial charge in [0.2, 0.25) is 0 Å². The number of aromatic nitrogens is 1. The van der Waals surface area contributed by atoms with Gasteiger partial charge in [0.05, 0.1) is 11.5 Å². The maximum Gasteiger partial charge on any atom is 0.270 e. The van der Waals surface area contributed by atoms with Crippen molar-refractivity contribution in [2.75, 3.05) is 23.0 Å². The summed E-state index contributed by atoms with van der Waals surface area (Å²) in [6.07, 6.45) is 2.08. The van der Waals surface area contributed by atoms with E-state index >= 15 is 0 Å². The average molecular weight is 373 g/mol. The van der Waals surface area contributed by atoms with Crippen LogP contribution < -0.4 is 10.2 Å². The second-order valence-corrected chi connectivity index (χ2v) is 8.70. The summed E-state index contributed by atoms with van der Waals surface area (Å²) in [6, 6.07) is 13.4. The number of sulfone groups is 1. The predicted octanol–water partition coefficient (Wildman–Crippen LogP) is 2.02. The third kappa shape index (κ3) is 4.60. The van der Waals surface area contributed by atoms with Gasteiger partial charge < -0.3 is 10.2 Å². The summed E-state index contributed by atoms with van der Waals surface area (Å²) in [7, 11) is -3.03. The number of carbonyl (C=O) groups is 1. The first-order valence-electron chi connectivity index (χ1n) is 8.73. The molecule has 1 amide bonds. The molecule has 0 aliphatic carbocycles. The van der Waals surface area contributed by atoms with Crippen LogP contribution in [0.3, 0.4) is 0 Å². The van der Waals surface area contributed by atoms with Gasteiger partial charge in [0.25, 0.3) is 5.91 Å².